The zero-order valence-corrected chi connectivity index (χ0v) is 19.1. The molecule has 0 unspecified atom stereocenters. The Morgan fingerprint density at radius 1 is 0.893 bits per heavy atom. The zero-order chi connectivity index (χ0) is 20.4. The molecule has 1 aliphatic rings. The SMILES string of the molecule is CCCCCCCCCCCCS[C@@H]1CC(=O)N(c2cc(Cl)cc(Cl)c2)C1=O. The van der Waals surface area contributed by atoms with Crippen molar-refractivity contribution in [3.8, 4) is 0 Å². The van der Waals surface area contributed by atoms with Gasteiger partial charge in [-0.3, -0.25) is 9.59 Å². The number of anilines is 1. The molecular weight excluding hydrogens is 413 g/mol. The van der Waals surface area contributed by atoms with Crippen LogP contribution in [0.1, 0.15) is 77.6 Å². The van der Waals surface area contributed by atoms with Gasteiger partial charge in [0.05, 0.1) is 10.9 Å². The molecule has 0 saturated carbocycles. The van der Waals surface area contributed by atoms with Crippen LogP contribution in [0.15, 0.2) is 18.2 Å². The van der Waals surface area contributed by atoms with Crippen molar-refractivity contribution < 1.29 is 9.59 Å². The van der Waals surface area contributed by atoms with Gasteiger partial charge >= 0.3 is 0 Å². The molecule has 1 aliphatic heterocycles. The quantitative estimate of drug-likeness (QED) is 0.237. The summed E-state index contributed by atoms with van der Waals surface area (Å²) < 4.78 is 0. The molecule has 0 N–H and O–H groups in total. The standard InChI is InChI=1S/C22H31Cl2NO2S/c1-2-3-4-5-6-7-8-9-10-11-12-28-20-16-21(26)25(22(20)27)19-14-17(23)13-18(24)15-19/h13-15,20H,2-12,16H2,1H3/t20-/m1/s1. The van der Waals surface area contributed by atoms with E-state index in [1.165, 1.54) is 62.7 Å². The molecule has 0 radical (unpaired) electrons. The molecule has 2 rings (SSSR count). The first-order chi connectivity index (χ1) is 13.5. The van der Waals surface area contributed by atoms with Gasteiger partial charge in [0.15, 0.2) is 0 Å². The van der Waals surface area contributed by atoms with Gasteiger partial charge in [0, 0.05) is 16.5 Å². The summed E-state index contributed by atoms with van der Waals surface area (Å²) in [5.41, 5.74) is 0.467. The van der Waals surface area contributed by atoms with E-state index in [1.807, 2.05) is 0 Å². The Bertz CT molecular complexity index is 633. The van der Waals surface area contributed by atoms with Gasteiger partial charge < -0.3 is 0 Å². The Hall–Kier alpha value is -0.710. The minimum atomic E-state index is -0.288. The van der Waals surface area contributed by atoms with Gasteiger partial charge in [0.25, 0.3) is 0 Å². The fourth-order valence-electron chi connectivity index (χ4n) is 3.49. The van der Waals surface area contributed by atoms with Crippen molar-refractivity contribution in [3.63, 3.8) is 0 Å². The Balaban J connectivity index is 1.63. The van der Waals surface area contributed by atoms with Crippen molar-refractivity contribution in [2.24, 2.45) is 0 Å². The van der Waals surface area contributed by atoms with E-state index in [0.29, 0.717) is 15.7 Å². The molecule has 156 valence electrons. The van der Waals surface area contributed by atoms with E-state index < -0.39 is 0 Å². The molecule has 1 saturated heterocycles. The minimum Gasteiger partial charge on any atom is -0.274 e. The maximum absolute atomic E-state index is 12.7. The predicted molar refractivity (Wildman–Crippen MR) is 122 cm³/mol. The van der Waals surface area contributed by atoms with Crippen molar-refractivity contribution in [2.45, 2.75) is 82.8 Å². The maximum Gasteiger partial charge on any atom is 0.247 e. The Morgan fingerprint density at radius 2 is 1.43 bits per heavy atom. The van der Waals surface area contributed by atoms with E-state index in [2.05, 4.69) is 6.92 Å². The number of hydrogen-bond acceptors (Lipinski definition) is 3. The highest BCUT2D eigenvalue weighted by molar-refractivity contribution is 8.00. The molecule has 0 spiro atoms. The lowest BCUT2D eigenvalue weighted by molar-refractivity contribution is -0.121. The molecule has 6 heteroatoms. The monoisotopic (exact) mass is 443 g/mol. The number of rotatable bonds is 13. The fourth-order valence-corrected chi connectivity index (χ4v) is 5.17. The summed E-state index contributed by atoms with van der Waals surface area (Å²) >= 11 is 13.6. The summed E-state index contributed by atoms with van der Waals surface area (Å²) in [6, 6.07) is 4.81. The topological polar surface area (TPSA) is 37.4 Å². The average molecular weight is 444 g/mol. The van der Waals surface area contributed by atoms with Crippen LogP contribution in [-0.2, 0) is 9.59 Å². The van der Waals surface area contributed by atoms with Crippen LogP contribution in [-0.4, -0.2) is 22.8 Å². The van der Waals surface area contributed by atoms with E-state index in [-0.39, 0.29) is 23.5 Å². The largest absolute Gasteiger partial charge is 0.274 e. The van der Waals surface area contributed by atoms with Crippen LogP contribution in [0.25, 0.3) is 0 Å². The lowest BCUT2D eigenvalue weighted by Crippen LogP contribution is -2.31. The average Bonchev–Trinajstić information content (AvgIpc) is 2.92. The molecule has 28 heavy (non-hydrogen) atoms. The first-order valence-electron chi connectivity index (χ1n) is 10.5. The normalized spacial score (nSPS) is 17.0. The molecule has 0 aromatic heterocycles. The Labute approximate surface area is 183 Å². The molecule has 1 atom stereocenters. The summed E-state index contributed by atoms with van der Waals surface area (Å²) in [5.74, 6) is 0.592. The van der Waals surface area contributed by atoms with Gasteiger partial charge in [-0.2, -0.15) is 0 Å². The number of halogens is 2. The van der Waals surface area contributed by atoms with Crippen molar-refractivity contribution in [1.29, 1.82) is 0 Å². The van der Waals surface area contributed by atoms with Crippen LogP contribution in [0.3, 0.4) is 0 Å². The van der Waals surface area contributed by atoms with Crippen molar-refractivity contribution in [1.82, 2.24) is 0 Å². The van der Waals surface area contributed by atoms with Gasteiger partial charge in [-0.15, -0.1) is 11.8 Å². The van der Waals surface area contributed by atoms with E-state index in [0.717, 1.165) is 12.2 Å². The number of imide groups is 1. The molecule has 1 aromatic rings. The van der Waals surface area contributed by atoms with E-state index in [9.17, 15) is 9.59 Å². The smallest absolute Gasteiger partial charge is 0.247 e. The van der Waals surface area contributed by atoms with Gasteiger partial charge in [-0.05, 0) is 30.4 Å². The molecule has 3 nitrogen and oxygen atoms in total. The second-order valence-corrected chi connectivity index (χ2v) is 9.62. The molecule has 1 heterocycles. The molecule has 0 aliphatic carbocycles. The van der Waals surface area contributed by atoms with Gasteiger partial charge in [-0.1, -0.05) is 87.9 Å². The number of carbonyl (C=O) groups is 2. The van der Waals surface area contributed by atoms with Crippen molar-refractivity contribution in [3.05, 3.63) is 28.2 Å². The number of amides is 2. The summed E-state index contributed by atoms with van der Waals surface area (Å²) in [4.78, 5) is 26.2. The highest BCUT2D eigenvalue weighted by Gasteiger charge is 2.39. The predicted octanol–water partition coefficient (Wildman–Crippen LogP) is 7.28. The number of unbranched alkanes of at least 4 members (excludes halogenated alkanes) is 9. The third-order valence-corrected chi connectivity index (χ3v) is 6.76. The number of carbonyl (C=O) groups excluding carboxylic acids is 2. The zero-order valence-electron chi connectivity index (χ0n) is 16.7. The Kier molecular flexibility index (Phi) is 10.7. The molecular formula is C22H31Cl2NO2S. The third kappa shape index (κ3) is 7.61. The minimum absolute atomic E-state index is 0.152. The number of benzene rings is 1. The fraction of sp³-hybridized carbons (Fsp3) is 0.636. The molecule has 0 bridgehead atoms. The number of hydrogen-bond donors (Lipinski definition) is 0. The van der Waals surface area contributed by atoms with Crippen LogP contribution >= 0.6 is 35.0 Å². The lowest BCUT2D eigenvalue weighted by Gasteiger charge is -2.15. The van der Waals surface area contributed by atoms with Crippen LogP contribution in [0.4, 0.5) is 5.69 Å². The second-order valence-electron chi connectivity index (χ2n) is 7.44. The van der Waals surface area contributed by atoms with E-state index >= 15 is 0 Å². The van der Waals surface area contributed by atoms with Crippen LogP contribution in [0, 0.1) is 0 Å². The van der Waals surface area contributed by atoms with Crippen molar-refractivity contribution >= 4 is 52.5 Å². The van der Waals surface area contributed by atoms with Crippen molar-refractivity contribution in [2.75, 3.05) is 10.7 Å². The molecule has 1 fully saturated rings. The molecule has 2 amide bonds. The van der Waals surface area contributed by atoms with Gasteiger partial charge in [0.1, 0.15) is 0 Å². The Morgan fingerprint density at radius 3 is 2.00 bits per heavy atom. The lowest BCUT2D eigenvalue weighted by atomic mass is 10.1. The van der Waals surface area contributed by atoms with Crippen LogP contribution in [0.2, 0.25) is 10.0 Å². The third-order valence-electron chi connectivity index (χ3n) is 5.03. The van der Waals surface area contributed by atoms with E-state index in [1.54, 1.807) is 30.0 Å². The van der Waals surface area contributed by atoms with Crippen LogP contribution in [0.5, 0.6) is 0 Å². The number of nitrogens with zero attached hydrogens (tertiary/aromatic N) is 1. The van der Waals surface area contributed by atoms with Gasteiger partial charge in [-0.25, -0.2) is 4.90 Å². The summed E-state index contributed by atoms with van der Waals surface area (Å²) in [6.45, 7) is 2.25. The maximum atomic E-state index is 12.7. The molecule has 1 aromatic carbocycles. The van der Waals surface area contributed by atoms with E-state index in [4.69, 9.17) is 23.2 Å². The van der Waals surface area contributed by atoms with Crippen LogP contribution < -0.4 is 4.90 Å². The summed E-state index contributed by atoms with van der Waals surface area (Å²) in [6.07, 6.45) is 13.2. The van der Waals surface area contributed by atoms with Gasteiger partial charge in [0.2, 0.25) is 11.8 Å². The highest BCUT2D eigenvalue weighted by Crippen LogP contribution is 2.33. The summed E-state index contributed by atoms with van der Waals surface area (Å²) in [7, 11) is 0. The summed E-state index contributed by atoms with van der Waals surface area (Å²) in [5, 5.41) is 0.554. The second kappa shape index (κ2) is 12.8. The first-order valence-corrected chi connectivity index (χ1v) is 12.3. The first kappa shape index (κ1) is 23.6. The highest BCUT2D eigenvalue weighted by atomic mass is 35.5. The number of thioether (sulfide) groups is 1.